The summed E-state index contributed by atoms with van der Waals surface area (Å²) in [6.45, 7) is 1.93. The summed E-state index contributed by atoms with van der Waals surface area (Å²) in [6, 6.07) is 11.0. The van der Waals surface area contributed by atoms with E-state index in [1.807, 2.05) is 31.2 Å². The van der Waals surface area contributed by atoms with Gasteiger partial charge in [-0.2, -0.15) is 5.10 Å². The van der Waals surface area contributed by atoms with Gasteiger partial charge in [0.2, 0.25) is 5.88 Å². The number of carbonyl (C=O) groups is 1. The summed E-state index contributed by atoms with van der Waals surface area (Å²) in [6.07, 6.45) is 4.62. The summed E-state index contributed by atoms with van der Waals surface area (Å²) in [5.74, 6) is 0.293. The van der Waals surface area contributed by atoms with Crippen molar-refractivity contribution in [1.82, 2.24) is 25.1 Å². The molecule has 1 amide bonds. The summed E-state index contributed by atoms with van der Waals surface area (Å²) in [4.78, 5) is 20.2. The van der Waals surface area contributed by atoms with Crippen LogP contribution in [0.15, 0.2) is 55.2 Å². The van der Waals surface area contributed by atoms with Gasteiger partial charge in [-0.1, -0.05) is 12.1 Å². The van der Waals surface area contributed by atoms with Crippen LogP contribution in [-0.2, 0) is 0 Å². The Labute approximate surface area is 139 Å². The van der Waals surface area contributed by atoms with Crippen LogP contribution in [0.2, 0.25) is 0 Å². The minimum Gasteiger partial charge on any atom is -0.481 e. The van der Waals surface area contributed by atoms with Gasteiger partial charge in [0.15, 0.2) is 0 Å². The van der Waals surface area contributed by atoms with Crippen LogP contribution in [0.25, 0.3) is 5.69 Å². The predicted octanol–water partition coefficient (Wildman–Crippen LogP) is 2.16. The molecule has 0 aliphatic carbocycles. The van der Waals surface area contributed by atoms with Crippen LogP contribution < -0.4 is 10.1 Å². The van der Waals surface area contributed by atoms with Gasteiger partial charge in [-0.05, 0) is 30.7 Å². The number of rotatable bonds is 5. The van der Waals surface area contributed by atoms with E-state index in [0.717, 1.165) is 11.3 Å². The van der Waals surface area contributed by atoms with E-state index in [4.69, 9.17) is 4.74 Å². The Morgan fingerprint density at radius 1 is 1.21 bits per heavy atom. The highest BCUT2D eigenvalue weighted by atomic mass is 16.5. The maximum absolute atomic E-state index is 12.3. The minimum absolute atomic E-state index is 0.135. The van der Waals surface area contributed by atoms with E-state index in [1.54, 1.807) is 23.1 Å². The Bertz CT molecular complexity index is 798. The lowest BCUT2D eigenvalue weighted by Crippen LogP contribution is -2.26. The maximum Gasteiger partial charge on any atom is 0.253 e. The van der Waals surface area contributed by atoms with Gasteiger partial charge in [0, 0.05) is 12.3 Å². The number of benzene rings is 1. The Morgan fingerprint density at radius 3 is 2.58 bits per heavy atom. The van der Waals surface area contributed by atoms with Crippen LogP contribution in [-0.4, -0.2) is 32.8 Å². The van der Waals surface area contributed by atoms with E-state index in [2.05, 4.69) is 20.4 Å². The van der Waals surface area contributed by atoms with Crippen molar-refractivity contribution in [2.75, 3.05) is 7.11 Å². The number of nitrogens with zero attached hydrogens (tertiary/aromatic N) is 4. The Hall–Kier alpha value is -3.22. The van der Waals surface area contributed by atoms with Gasteiger partial charge in [-0.3, -0.25) is 4.79 Å². The predicted molar refractivity (Wildman–Crippen MR) is 88.0 cm³/mol. The molecule has 3 rings (SSSR count). The molecule has 2 heterocycles. The first-order chi connectivity index (χ1) is 11.7. The average molecular weight is 323 g/mol. The summed E-state index contributed by atoms with van der Waals surface area (Å²) < 4.78 is 6.66. The van der Waals surface area contributed by atoms with Crippen molar-refractivity contribution in [1.29, 1.82) is 0 Å². The minimum atomic E-state index is -0.182. The first kappa shape index (κ1) is 15.7. The molecule has 2 aromatic heterocycles. The molecule has 7 nitrogen and oxygen atoms in total. The molecule has 0 saturated heterocycles. The zero-order valence-corrected chi connectivity index (χ0v) is 13.4. The number of hydrogen-bond donors (Lipinski definition) is 1. The van der Waals surface area contributed by atoms with Crippen LogP contribution in [0, 0.1) is 0 Å². The monoisotopic (exact) mass is 323 g/mol. The molecule has 0 saturated carbocycles. The second-order valence-corrected chi connectivity index (χ2v) is 5.22. The van der Waals surface area contributed by atoms with Crippen LogP contribution in [0.5, 0.6) is 5.88 Å². The molecule has 0 aliphatic rings. The highest BCUT2D eigenvalue weighted by molar-refractivity contribution is 5.94. The first-order valence-corrected chi connectivity index (χ1v) is 7.43. The molecule has 0 fully saturated rings. The zero-order chi connectivity index (χ0) is 16.9. The maximum atomic E-state index is 12.3. The van der Waals surface area contributed by atoms with Gasteiger partial charge in [-0.15, -0.1) is 0 Å². The molecule has 1 aromatic carbocycles. The van der Waals surface area contributed by atoms with E-state index in [-0.39, 0.29) is 11.9 Å². The number of carbonyl (C=O) groups excluding carboxylic acids is 1. The molecule has 1 unspecified atom stereocenters. The number of nitrogens with one attached hydrogen (secondary N) is 1. The lowest BCUT2D eigenvalue weighted by atomic mass is 10.1. The molecule has 7 heteroatoms. The van der Waals surface area contributed by atoms with Crippen molar-refractivity contribution in [3.63, 3.8) is 0 Å². The molecule has 24 heavy (non-hydrogen) atoms. The van der Waals surface area contributed by atoms with E-state index in [9.17, 15) is 4.79 Å². The second kappa shape index (κ2) is 6.91. The molecule has 122 valence electrons. The van der Waals surface area contributed by atoms with Gasteiger partial charge >= 0.3 is 0 Å². The van der Waals surface area contributed by atoms with Crippen molar-refractivity contribution < 1.29 is 9.53 Å². The number of aromatic nitrogens is 4. The fourth-order valence-electron chi connectivity index (χ4n) is 2.26. The fraction of sp³-hybridized carbons (Fsp3) is 0.176. The molecular formula is C17H17N5O2. The normalized spacial score (nSPS) is 11.8. The van der Waals surface area contributed by atoms with E-state index in [1.165, 1.54) is 19.6 Å². The highest BCUT2D eigenvalue weighted by Crippen LogP contribution is 2.16. The molecule has 0 aliphatic heterocycles. The standard InChI is InChI=1S/C17H17N5O2/c1-12(21-17(23)14-5-8-16(24-2)19-9-14)13-3-6-15(7-4-13)22-11-18-10-20-22/h3-12H,1-2H3,(H,21,23). The highest BCUT2D eigenvalue weighted by Gasteiger charge is 2.12. The average Bonchev–Trinajstić information content (AvgIpc) is 3.16. The van der Waals surface area contributed by atoms with Crippen LogP contribution in [0.4, 0.5) is 0 Å². The first-order valence-electron chi connectivity index (χ1n) is 7.43. The largest absolute Gasteiger partial charge is 0.481 e. The number of ether oxygens (including phenoxy) is 1. The van der Waals surface area contributed by atoms with Gasteiger partial charge < -0.3 is 10.1 Å². The summed E-state index contributed by atoms with van der Waals surface area (Å²) >= 11 is 0. The van der Waals surface area contributed by atoms with E-state index < -0.39 is 0 Å². The Morgan fingerprint density at radius 2 is 2.00 bits per heavy atom. The number of amides is 1. The third-order valence-corrected chi connectivity index (χ3v) is 3.63. The van der Waals surface area contributed by atoms with E-state index in [0.29, 0.717) is 11.4 Å². The lowest BCUT2D eigenvalue weighted by Gasteiger charge is -2.15. The SMILES string of the molecule is COc1ccc(C(=O)NC(C)c2ccc(-n3cncn3)cc2)cn1. The van der Waals surface area contributed by atoms with Crippen LogP contribution in [0.1, 0.15) is 28.9 Å². The van der Waals surface area contributed by atoms with Gasteiger partial charge in [0.05, 0.1) is 24.4 Å². The van der Waals surface area contributed by atoms with Crippen molar-refractivity contribution in [3.8, 4) is 11.6 Å². The summed E-state index contributed by atoms with van der Waals surface area (Å²) in [5, 5.41) is 7.03. The molecule has 1 atom stereocenters. The van der Waals surface area contributed by atoms with Crippen molar-refractivity contribution >= 4 is 5.91 Å². The smallest absolute Gasteiger partial charge is 0.253 e. The summed E-state index contributed by atoms with van der Waals surface area (Å²) in [7, 11) is 1.53. The molecule has 0 spiro atoms. The number of pyridine rings is 1. The Kier molecular flexibility index (Phi) is 4.51. The number of hydrogen-bond acceptors (Lipinski definition) is 5. The van der Waals surface area contributed by atoms with Crippen molar-refractivity contribution in [3.05, 3.63) is 66.4 Å². The van der Waals surface area contributed by atoms with Gasteiger partial charge in [0.25, 0.3) is 5.91 Å². The van der Waals surface area contributed by atoms with Crippen LogP contribution >= 0.6 is 0 Å². The third kappa shape index (κ3) is 3.40. The van der Waals surface area contributed by atoms with Crippen molar-refractivity contribution in [2.45, 2.75) is 13.0 Å². The molecule has 1 N–H and O–H groups in total. The third-order valence-electron chi connectivity index (χ3n) is 3.63. The molecular weight excluding hydrogens is 306 g/mol. The quantitative estimate of drug-likeness (QED) is 0.778. The van der Waals surface area contributed by atoms with Crippen molar-refractivity contribution in [2.24, 2.45) is 0 Å². The van der Waals surface area contributed by atoms with Gasteiger partial charge in [0.1, 0.15) is 12.7 Å². The van der Waals surface area contributed by atoms with E-state index >= 15 is 0 Å². The number of methoxy groups -OCH3 is 1. The molecule has 0 radical (unpaired) electrons. The van der Waals surface area contributed by atoms with Crippen LogP contribution in [0.3, 0.4) is 0 Å². The molecule has 3 aromatic rings. The lowest BCUT2D eigenvalue weighted by molar-refractivity contribution is 0.0939. The topological polar surface area (TPSA) is 81.9 Å². The zero-order valence-electron chi connectivity index (χ0n) is 13.4. The second-order valence-electron chi connectivity index (χ2n) is 5.22. The molecule has 0 bridgehead atoms. The van der Waals surface area contributed by atoms with Gasteiger partial charge in [-0.25, -0.2) is 14.6 Å². The Balaban J connectivity index is 1.67. The summed E-state index contributed by atoms with van der Waals surface area (Å²) in [5.41, 5.74) is 2.39. The fourth-order valence-corrected chi connectivity index (χ4v) is 2.26.